The Morgan fingerprint density at radius 2 is 2.21 bits per heavy atom. The van der Waals surface area contributed by atoms with E-state index in [2.05, 4.69) is 5.32 Å². The summed E-state index contributed by atoms with van der Waals surface area (Å²) in [6.45, 7) is 0.548. The van der Waals surface area contributed by atoms with Crippen LogP contribution in [0.4, 0.5) is 0 Å². The van der Waals surface area contributed by atoms with Gasteiger partial charge in [-0.05, 0) is 29.7 Å². The van der Waals surface area contributed by atoms with Crippen molar-refractivity contribution in [2.24, 2.45) is 0 Å². The average Bonchev–Trinajstić information content (AvgIpc) is 2.16. The van der Waals surface area contributed by atoms with Gasteiger partial charge in [0, 0.05) is 6.54 Å². The number of carboxylic acid groups (broad SMARTS) is 1. The molecule has 1 unspecified atom stereocenters. The highest BCUT2D eigenvalue weighted by Crippen LogP contribution is 2.21. The lowest BCUT2D eigenvalue weighted by molar-refractivity contribution is -0.139. The number of phenolic OH excluding ortho intramolecular Hbond substituents is 1. The number of benzene rings is 1. The van der Waals surface area contributed by atoms with E-state index in [1.165, 1.54) is 0 Å². The second-order valence-electron chi connectivity index (χ2n) is 3.43. The number of hydrogen-bond acceptors (Lipinski definition) is 3. The largest absolute Gasteiger partial charge is 0.508 e. The van der Waals surface area contributed by atoms with Crippen LogP contribution in [0.5, 0.6) is 5.75 Å². The minimum absolute atomic E-state index is 0.190. The summed E-state index contributed by atoms with van der Waals surface area (Å²) >= 11 is 0. The van der Waals surface area contributed by atoms with Gasteiger partial charge in [0.25, 0.3) is 0 Å². The fraction of sp³-hybridized carbons (Fsp3) is 0.300. The van der Waals surface area contributed by atoms with E-state index < -0.39 is 12.0 Å². The van der Waals surface area contributed by atoms with Gasteiger partial charge in [0.15, 0.2) is 0 Å². The number of carbonyl (C=O) groups is 1. The first-order chi connectivity index (χ1) is 6.66. The van der Waals surface area contributed by atoms with E-state index in [9.17, 15) is 9.90 Å². The van der Waals surface area contributed by atoms with Crippen LogP contribution in [0, 0.1) is 0 Å². The number of aromatic hydroxyl groups is 1. The third-order valence-corrected chi connectivity index (χ3v) is 2.45. The third kappa shape index (κ3) is 1.56. The minimum atomic E-state index is -0.848. The minimum Gasteiger partial charge on any atom is -0.508 e. The Balaban J connectivity index is 2.29. The molecule has 0 radical (unpaired) electrons. The fourth-order valence-corrected chi connectivity index (χ4v) is 1.67. The van der Waals surface area contributed by atoms with Gasteiger partial charge in [-0.15, -0.1) is 0 Å². The first kappa shape index (κ1) is 9.02. The summed E-state index contributed by atoms with van der Waals surface area (Å²) < 4.78 is 0. The summed E-state index contributed by atoms with van der Waals surface area (Å²) in [5.74, 6) is -0.659. The Morgan fingerprint density at radius 3 is 2.93 bits per heavy atom. The van der Waals surface area contributed by atoms with Gasteiger partial charge < -0.3 is 15.5 Å². The van der Waals surface area contributed by atoms with E-state index in [1.807, 2.05) is 6.07 Å². The van der Waals surface area contributed by atoms with E-state index in [1.54, 1.807) is 12.1 Å². The summed E-state index contributed by atoms with van der Waals surface area (Å²) in [6, 6.07) is 4.52. The summed E-state index contributed by atoms with van der Waals surface area (Å²) in [4.78, 5) is 10.7. The van der Waals surface area contributed by atoms with Gasteiger partial charge in [0.1, 0.15) is 11.8 Å². The van der Waals surface area contributed by atoms with Crippen molar-refractivity contribution >= 4 is 5.97 Å². The summed E-state index contributed by atoms with van der Waals surface area (Å²) in [6.07, 6.45) is 0.430. The van der Waals surface area contributed by atoms with Crippen molar-refractivity contribution in [3.63, 3.8) is 0 Å². The van der Waals surface area contributed by atoms with Crippen molar-refractivity contribution in [1.82, 2.24) is 5.32 Å². The average molecular weight is 193 g/mol. The molecular weight excluding hydrogens is 182 g/mol. The lowest BCUT2D eigenvalue weighted by atomic mass is 9.96. The topological polar surface area (TPSA) is 69.6 Å². The number of hydrogen-bond donors (Lipinski definition) is 3. The van der Waals surface area contributed by atoms with Gasteiger partial charge in [-0.25, -0.2) is 0 Å². The molecule has 1 atom stereocenters. The molecule has 1 aromatic carbocycles. The molecule has 1 aliphatic rings. The highest BCUT2D eigenvalue weighted by Gasteiger charge is 2.23. The second kappa shape index (κ2) is 3.31. The molecule has 0 saturated carbocycles. The van der Waals surface area contributed by atoms with Crippen LogP contribution in [-0.4, -0.2) is 22.2 Å². The molecule has 4 nitrogen and oxygen atoms in total. The molecule has 14 heavy (non-hydrogen) atoms. The van der Waals surface area contributed by atoms with Gasteiger partial charge >= 0.3 is 5.97 Å². The molecule has 0 amide bonds. The van der Waals surface area contributed by atoms with Gasteiger partial charge in [-0.1, -0.05) is 6.07 Å². The summed E-state index contributed by atoms with van der Waals surface area (Å²) in [7, 11) is 0. The van der Waals surface area contributed by atoms with Crippen molar-refractivity contribution in [2.75, 3.05) is 0 Å². The number of rotatable bonds is 1. The highest BCUT2D eigenvalue weighted by molar-refractivity contribution is 5.74. The normalized spacial score (nSPS) is 20.1. The zero-order valence-electron chi connectivity index (χ0n) is 7.53. The number of carboxylic acids is 1. The third-order valence-electron chi connectivity index (χ3n) is 2.45. The van der Waals surface area contributed by atoms with Gasteiger partial charge in [0.05, 0.1) is 0 Å². The molecule has 74 valence electrons. The molecule has 1 aromatic rings. The van der Waals surface area contributed by atoms with Crippen LogP contribution in [0.15, 0.2) is 18.2 Å². The lowest BCUT2D eigenvalue weighted by Crippen LogP contribution is -2.41. The SMILES string of the molecule is O=C(O)C1Cc2cc(O)ccc2CN1. The van der Waals surface area contributed by atoms with Crippen molar-refractivity contribution in [3.05, 3.63) is 29.3 Å². The van der Waals surface area contributed by atoms with Gasteiger partial charge in [-0.3, -0.25) is 4.79 Å². The Labute approximate surface area is 81.2 Å². The first-order valence-corrected chi connectivity index (χ1v) is 4.44. The van der Waals surface area contributed by atoms with E-state index in [4.69, 9.17) is 5.11 Å². The Kier molecular flexibility index (Phi) is 2.13. The molecule has 3 N–H and O–H groups in total. The van der Waals surface area contributed by atoms with Gasteiger partial charge in [-0.2, -0.15) is 0 Å². The second-order valence-corrected chi connectivity index (χ2v) is 3.43. The van der Waals surface area contributed by atoms with E-state index in [0.717, 1.165) is 11.1 Å². The number of aliphatic carboxylic acids is 1. The zero-order valence-corrected chi connectivity index (χ0v) is 7.53. The molecule has 0 aromatic heterocycles. The highest BCUT2D eigenvalue weighted by atomic mass is 16.4. The van der Waals surface area contributed by atoms with Crippen LogP contribution < -0.4 is 5.32 Å². The van der Waals surface area contributed by atoms with E-state index in [0.29, 0.717) is 13.0 Å². The predicted octanol–water partition coefficient (Wildman–Crippen LogP) is 0.491. The van der Waals surface area contributed by atoms with Crippen LogP contribution in [0.1, 0.15) is 11.1 Å². The Hall–Kier alpha value is -1.55. The van der Waals surface area contributed by atoms with Crippen LogP contribution in [0.2, 0.25) is 0 Å². The molecular formula is C10H11NO3. The van der Waals surface area contributed by atoms with Crippen molar-refractivity contribution in [2.45, 2.75) is 19.0 Å². The molecule has 4 heteroatoms. The maximum Gasteiger partial charge on any atom is 0.321 e. The van der Waals surface area contributed by atoms with Crippen molar-refractivity contribution in [1.29, 1.82) is 0 Å². The number of phenols is 1. The maximum absolute atomic E-state index is 10.7. The van der Waals surface area contributed by atoms with Crippen LogP contribution in [-0.2, 0) is 17.8 Å². The van der Waals surface area contributed by atoms with Gasteiger partial charge in [0.2, 0.25) is 0 Å². The first-order valence-electron chi connectivity index (χ1n) is 4.44. The van der Waals surface area contributed by atoms with Crippen molar-refractivity contribution in [3.8, 4) is 5.75 Å². The summed E-state index contributed by atoms with van der Waals surface area (Å²) in [5.41, 5.74) is 1.97. The Morgan fingerprint density at radius 1 is 1.43 bits per heavy atom. The van der Waals surface area contributed by atoms with E-state index >= 15 is 0 Å². The number of fused-ring (bicyclic) bond motifs is 1. The molecule has 0 fully saturated rings. The molecule has 0 bridgehead atoms. The lowest BCUT2D eigenvalue weighted by Gasteiger charge is -2.22. The maximum atomic E-state index is 10.7. The standard InChI is InChI=1S/C10H11NO3/c12-8-2-1-6-5-11-9(10(13)14)4-7(6)3-8/h1-3,9,11-12H,4-5H2,(H,13,14). The van der Waals surface area contributed by atoms with Crippen LogP contribution in [0.25, 0.3) is 0 Å². The van der Waals surface area contributed by atoms with Crippen LogP contribution >= 0.6 is 0 Å². The fourth-order valence-electron chi connectivity index (χ4n) is 1.67. The predicted molar refractivity (Wildman–Crippen MR) is 50.1 cm³/mol. The molecule has 0 saturated heterocycles. The number of nitrogens with one attached hydrogen (secondary N) is 1. The quantitative estimate of drug-likeness (QED) is 0.607. The van der Waals surface area contributed by atoms with Crippen LogP contribution in [0.3, 0.4) is 0 Å². The molecule has 2 rings (SSSR count). The molecule has 0 spiro atoms. The van der Waals surface area contributed by atoms with E-state index in [-0.39, 0.29) is 5.75 Å². The smallest absolute Gasteiger partial charge is 0.321 e. The molecule has 1 heterocycles. The summed E-state index contributed by atoms with van der Waals surface area (Å²) in [5, 5.41) is 21.0. The molecule has 1 aliphatic heterocycles. The zero-order chi connectivity index (χ0) is 10.1. The van der Waals surface area contributed by atoms with Crippen molar-refractivity contribution < 1.29 is 15.0 Å². The Bertz CT molecular complexity index is 376. The monoisotopic (exact) mass is 193 g/mol. The molecule has 0 aliphatic carbocycles.